The number of hydrogen-bond donors (Lipinski definition) is 1. The van der Waals surface area contributed by atoms with Crippen LogP contribution < -0.4 is 5.32 Å². The molecule has 132 valence electrons. The number of anilines is 1. The molecule has 1 aliphatic heterocycles. The largest absolute Gasteiger partial charge is 0.461 e. The van der Waals surface area contributed by atoms with Gasteiger partial charge in [-0.05, 0) is 37.8 Å². The molecule has 1 aromatic carbocycles. The summed E-state index contributed by atoms with van der Waals surface area (Å²) in [7, 11) is -3.53. The number of carbonyl (C=O) groups is 2. The molecule has 1 aliphatic carbocycles. The van der Waals surface area contributed by atoms with Crippen molar-refractivity contribution in [2.75, 3.05) is 18.2 Å². The third-order valence-electron chi connectivity index (χ3n) is 4.71. The van der Waals surface area contributed by atoms with Crippen molar-refractivity contribution >= 4 is 38.3 Å². The van der Waals surface area contributed by atoms with Gasteiger partial charge < -0.3 is 14.6 Å². The van der Waals surface area contributed by atoms with Gasteiger partial charge in [0.15, 0.2) is 9.84 Å². The Labute approximate surface area is 144 Å². The minimum absolute atomic E-state index is 0.0531. The number of carbonyl (C=O) groups excluding carboxylic acids is 2. The van der Waals surface area contributed by atoms with E-state index in [-0.39, 0.29) is 34.7 Å². The predicted octanol–water partition coefficient (Wildman–Crippen LogP) is 2.12. The molecule has 4 rings (SSSR count). The first-order valence-corrected chi connectivity index (χ1v) is 10.1. The fraction of sp³-hybridized carbons (Fsp3) is 0.412. The van der Waals surface area contributed by atoms with Crippen LogP contribution in [-0.4, -0.2) is 37.7 Å². The SMILES string of the molecule is CCOC(=O)c1cc2ccc(S(C)(=O)=O)c3c2n1C(C1CC1)C(=O)N3. The van der Waals surface area contributed by atoms with Gasteiger partial charge in [-0.3, -0.25) is 4.79 Å². The summed E-state index contributed by atoms with van der Waals surface area (Å²) in [5.41, 5.74) is 1.11. The summed E-state index contributed by atoms with van der Waals surface area (Å²) < 4.78 is 31.0. The van der Waals surface area contributed by atoms with Crippen molar-refractivity contribution in [3.63, 3.8) is 0 Å². The third kappa shape index (κ3) is 2.43. The second-order valence-corrected chi connectivity index (χ2v) is 8.52. The van der Waals surface area contributed by atoms with Gasteiger partial charge in [0.25, 0.3) is 0 Å². The Morgan fingerprint density at radius 3 is 2.68 bits per heavy atom. The van der Waals surface area contributed by atoms with E-state index >= 15 is 0 Å². The van der Waals surface area contributed by atoms with Crippen LogP contribution in [0.25, 0.3) is 10.9 Å². The zero-order chi connectivity index (χ0) is 17.9. The third-order valence-corrected chi connectivity index (χ3v) is 5.85. The average Bonchev–Trinajstić information content (AvgIpc) is 3.28. The van der Waals surface area contributed by atoms with Gasteiger partial charge in [0.2, 0.25) is 5.91 Å². The Balaban J connectivity index is 2.06. The summed E-state index contributed by atoms with van der Waals surface area (Å²) in [6.45, 7) is 1.94. The Morgan fingerprint density at radius 2 is 2.08 bits per heavy atom. The molecule has 1 saturated carbocycles. The number of amides is 1. The van der Waals surface area contributed by atoms with Crippen LogP contribution in [0.2, 0.25) is 0 Å². The number of hydrogen-bond acceptors (Lipinski definition) is 5. The van der Waals surface area contributed by atoms with Gasteiger partial charge in [0.05, 0.1) is 22.7 Å². The van der Waals surface area contributed by atoms with Gasteiger partial charge in [0, 0.05) is 11.6 Å². The molecule has 1 aromatic heterocycles. The van der Waals surface area contributed by atoms with E-state index in [2.05, 4.69) is 5.32 Å². The van der Waals surface area contributed by atoms with Gasteiger partial charge in [-0.2, -0.15) is 0 Å². The first-order valence-electron chi connectivity index (χ1n) is 8.19. The van der Waals surface area contributed by atoms with Crippen molar-refractivity contribution in [1.82, 2.24) is 4.57 Å². The number of rotatable bonds is 4. The second-order valence-electron chi connectivity index (χ2n) is 6.54. The molecule has 2 aromatic rings. The highest BCUT2D eigenvalue weighted by Gasteiger charge is 2.43. The lowest BCUT2D eigenvalue weighted by molar-refractivity contribution is -0.120. The van der Waals surface area contributed by atoms with Crippen molar-refractivity contribution in [2.45, 2.75) is 30.7 Å². The van der Waals surface area contributed by atoms with E-state index in [9.17, 15) is 18.0 Å². The zero-order valence-electron chi connectivity index (χ0n) is 13.9. The predicted molar refractivity (Wildman–Crippen MR) is 91.4 cm³/mol. The first kappa shape index (κ1) is 16.1. The Morgan fingerprint density at radius 1 is 1.36 bits per heavy atom. The summed E-state index contributed by atoms with van der Waals surface area (Å²) in [6, 6.07) is 4.28. The lowest BCUT2D eigenvalue weighted by atomic mass is 10.1. The van der Waals surface area contributed by atoms with Gasteiger partial charge in [-0.15, -0.1) is 0 Å². The van der Waals surface area contributed by atoms with Crippen LogP contribution >= 0.6 is 0 Å². The molecule has 2 heterocycles. The fourth-order valence-corrected chi connectivity index (χ4v) is 4.37. The molecule has 0 bridgehead atoms. The van der Waals surface area contributed by atoms with Crippen LogP contribution in [0.5, 0.6) is 0 Å². The first-order chi connectivity index (χ1) is 11.8. The highest BCUT2D eigenvalue weighted by Crippen LogP contribution is 2.47. The van der Waals surface area contributed by atoms with E-state index < -0.39 is 21.8 Å². The van der Waals surface area contributed by atoms with Gasteiger partial charge in [0.1, 0.15) is 11.7 Å². The summed E-state index contributed by atoms with van der Waals surface area (Å²) >= 11 is 0. The van der Waals surface area contributed by atoms with Crippen LogP contribution in [0.15, 0.2) is 23.1 Å². The molecule has 0 radical (unpaired) electrons. The topological polar surface area (TPSA) is 94.5 Å². The van der Waals surface area contributed by atoms with E-state index in [1.165, 1.54) is 6.07 Å². The number of nitrogens with zero attached hydrogens (tertiary/aromatic N) is 1. The molecular formula is C17H18N2O5S. The Kier molecular flexibility index (Phi) is 3.44. The molecule has 1 fully saturated rings. The number of aromatic nitrogens is 1. The molecule has 0 spiro atoms. The minimum atomic E-state index is -3.53. The van der Waals surface area contributed by atoms with Crippen molar-refractivity contribution in [1.29, 1.82) is 0 Å². The lowest BCUT2D eigenvalue weighted by Gasteiger charge is -2.28. The standard InChI is InChI=1S/C17H18N2O5S/c1-3-24-17(21)11-8-10-6-7-12(25(2,22)23)13-14(10)19(11)15(9-4-5-9)16(20)18-13/h6-9,15H,3-5H2,1-2H3,(H,18,20). The van der Waals surface area contributed by atoms with E-state index in [1.54, 1.807) is 23.6 Å². The van der Waals surface area contributed by atoms with E-state index in [0.29, 0.717) is 10.9 Å². The molecule has 1 amide bonds. The highest BCUT2D eigenvalue weighted by atomic mass is 32.2. The van der Waals surface area contributed by atoms with Gasteiger partial charge >= 0.3 is 5.97 Å². The molecule has 0 saturated heterocycles. The molecule has 1 atom stereocenters. The molecule has 1 unspecified atom stereocenters. The maximum Gasteiger partial charge on any atom is 0.354 e. The van der Waals surface area contributed by atoms with Crippen molar-refractivity contribution in [3.8, 4) is 0 Å². The van der Waals surface area contributed by atoms with E-state index in [1.807, 2.05) is 0 Å². The minimum Gasteiger partial charge on any atom is -0.461 e. The molecule has 2 aliphatic rings. The quantitative estimate of drug-likeness (QED) is 0.841. The lowest BCUT2D eigenvalue weighted by Crippen LogP contribution is -2.34. The molecule has 8 heteroatoms. The number of benzene rings is 1. The monoisotopic (exact) mass is 362 g/mol. The van der Waals surface area contributed by atoms with Crippen LogP contribution in [0, 0.1) is 5.92 Å². The molecule has 25 heavy (non-hydrogen) atoms. The van der Waals surface area contributed by atoms with Crippen LogP contribution in [0.4, 0.5) is 5.69 Å². The van der Waals surface area contributed by atoms with Gasteiger partial charge in [-0.1, -0.05) is 6.07 Å². The van der Waals surface area contributed by atoms with Crippen LogP contribution in [-0.2, 0) is 19.4 Å². The van der Waals surface area contributed by atoms with Crippen molar-refractivity contribution < 1.29 is 22.7 Å². The Bertz CT molecular complexity index is 1020. The summed E-state index contributed by atoms with van der Waals surface area (Å²) in [4.78, 5) is 25.2. The summed E-state index contributed by atoms with van der Waals surface area (Å²) in [5, 5.41) is 3.47. The maximum absolute atomic E-state index is 12.7. The van der Waals surface area contributed by atoms with Crippen molar-refractivity contribution in [3.05, 3.63) is 23.9 Å². The number of esters is 1. The van der Waals surface area contributed by atoms with Crippen molar-refractivity contribution in [2.24, 2.45) is 5.92 Å². The normalized spacial score (nSPS) is 19.8. The van der Waals surface area contributed by atoms with E-state index in [4.69, 9.17) is 4.74 Å². The van der Waals surface area contributed by atoms with Crippen LogP contribution in [0.1, 0.15) is 36.3 Å². The summed E-state index contributed by atoms with van der Waals surface area (Å²) in [6.07, 6.45) is 2.91. The average molecular weight is 362 g/mol. The number of sulfone groups is 1. The number of nitrogens with one attached hydrogen (secondary N) is 1. The zero-order valence-corrected chi connectivity index (χ0v) is 14.7. The smallest absolute Gasteiger partial charge is 0.354 e. The highest BCUT2D eigenvalue weighted by molar-refractivity contribution is 7.90. The van der Waals surface area contributed by atoms with Gasteiger partial charge in [-0.25, -0.2) is 13.2 Å². The summed E-state index contributed by atoms with van der Waals surface area (Å²) in [5.74, 6) is -0.640. The molecular weight excluding hydrogens is 344 g/mol. The molecule has 1 N–H and O–H groups in total. The second kappa shape index (κ2) is 5.32. The molecule has 7 nitrogen and oxygen atoms in total. The van der Waals surface area contributed by atoms with Crippen LogP contribution in [0.3, 0.4) is 0 Å². The fourth-order valence-electron chi connectivity index (χ4n) is 3.53. The number of ether oxygens (including phenoxy) is 1. The maximum atomic E-state index is 12.7. The van der Waals surface area contributed by atoms with E-state index in [0.717, 1.165) is 19.1 Å². The Hall–Kier alpha value is -2.35.